The molecular formula is C22H23FN6O2. The lowest BCUT2D eigenvalue weighted by Gasteiger charge is -2.14. The van der Waals surface area contributed by atoms with E-state index in [0.717, 1.165) is 5.56 Å². The summed E-state index contributed by atoms with van der Waals surface area (Å²) in [4.78, 5) is 32.2. The van der Waals surface area contributed by atoms with E-state index in [1.54, 1.807) is 42.7 Å². The number of nitrogens with two attached hydrogens (primary N) is 1. The molecule has 0 atom stereocenters. The Hall–Kier alpha value is -4.01. The Bertz CT molecular complexity index is 1060. The van der Waals surface area contributed by atoms with Crippen molar-refractivity contribution >= 4 is 23.4 Å². The Labute approximate surface area is 179 Å². The molecule has 0 aliphatic carbocycles. The molecule has 3 amide bonds. The molecule has 0 fully saturated rings. The minimum absolute atomic E-state index is 0.141. The van der Waals surface area contributed by atoms with Gasteiger partial charge in [-0.3, -0.25) is 9.78 Å². The highest BCUT2D eigenvalue weighted by Crippen LogP contribution is 2.28. The number of halogens is 1. The van der Waals surface area contributed by atoms with E-state index in [2.05, 4.69) is 25.9 Å². The minimum atomic E-state index is -0.800. The van der Waals surface area contributed by atoms with Crippen molar-refractivity contribution in [2.45, 2.75) is 20.1 Å². The van der Waals surface area contributed by atoms with E-state index in [0.29, 0.717) is 35.9 Å². The Morgan fingerprint density at radius 1 is 1.16 bits per heavy atom. The number of amides is 3. The molecule has 0 spiro atoms. The molecule has 5 N–H and O–H groups in total. The van der Waals surface area contributed by atoms with Crippen molar-refractivity contribution in [3.8, 4) is 11.3 Å². The average Bonchev–Trinajstić information content (AvgIpc) is 2.79. The monoisotopic (exact) mass is 422 g/mol. The van der Waals surface area contributed by atoms with Crippen molar-refractivity contribution in [3.63, 3.8) is 0 Å². The van der Waals surface area contributed by atoms with Gasteiger partial charge in [-0.2, -0.15) is 0 Å². The number of anilines is 2. The van der Waals surface area contributed by atoms with E-state index in [1.807, 2.05) is 13.0 Å². The van der Waals surface area contributed by atoms with Gasteiger partial charge < -0.3 is 21.7 Å². The van der Waals surface area contributed by atoms with Crippen LogP contribution in [0.4, 0.5) is 20.7 Å². The van der Waals surface area contributed by atoms with Crippen LogP contribution in [0.2, 0.25) is 0 Å². The van der Waals surface area contributed by atoms with Crippen LogP contribution in [0.25, 0.3) is 11.3 Å². The molecule has 0 aliphatic heterocycles. The smallest absolute Gasteiger partial charge is 0.319 e. The first-order valence-electron chi connectivity index (χ1n) is 9.69. The van der Waals surface area contributed by atoms with Crippen LogP contribution in [0, 0.1) is 0 Å². The second-order valence-corrected chi connectivity index (χ2v) is 6.67. The van der Waals surface area contributed by atoms with E-state index in [4.69, 9.17) is 5.73 Å². The van der Waals surface area contributed by atoms with Crippen molar-refractivity contribution < 1.29 is 14.0 Å². The maximum Gasteiger partial charge on any atom is 0.319 e. The fourth-order valence-electron chi connectivity index (χ4n) is 2.97. The molecule has 3 rings (SSSR count). The molecule has 2 aromatic heterocycles. The van der Waals surface area contributed by atoms with Crippen molar-refractivity contribution in [2.24, 2.45) is 5.73 Å². The largest absolute Gasteiger partial charge is 0.370 e. The van der Waals surface area contributed by atoms with Crippen LogP contribution in [-0.2, 0) is 13.2 Å². The molecule has 0 aliphatic rings. The number of carbonyl (C=O) groups excluding carboxylic acids is 2. The molecule has 0 radical (unpaired) electrons. The van der Waals surface area contributed by atoms with Crippen molar-refractivity contribution in [1.82, 2.24) is 15.3 Å². The molecule has 160 valence electrons. The first kappa shape index (κ1) is 21.7. The van der Waals surface area contributed by atoms with Crippen molar-refractivity contribution in [2.75, 3.05) is 17.2 Å². The summed E-state index contributed by atoms with van der Waals surface area (Å²) in [6.45, 7) is 1.93. The number of primary amides is 1. The Kier molecular flexibility index (Phi) is 7.10. The van der Waals surface area contributed by atoms with E-state index >= 15 is 0 Å². The maximum absolute atomic E-state index is 13.6. The third-order valence-electron chi connectivity index (χ3n) is 4.45. The standard InChI is InChI=1S/C22H23FN6O2/c1-2-26-21-18(20(24)30)10-16(11-23)19(29-21)15-5-7-17(8-6-15)28-22(31)27-13-14-4-3-9-25-12-14/h3-10,12H,2,11,13H2,1H3,(H2,24,30)(H,26,29)(H2,27,28,31). The topological polar surface area (TPSA) is 122 Å². The summed E-state index contributed by atoms with van der Waals surface area (Å²) in [6, 6.07) is 11.5. The molecule has 0 unspecified atom stereocenters. The Morgan fingerprint density at radius 3 is 2.55 bits per heavy atom. The van der Waals surface area contributed by atoms with Gasteiger partial charge in [0.2, 0.25) is 0 Å². The Balaban J connectivity index is 1.75. The van der Waals surface area contributed by atoms with E-state index < -0.39 is 12.6 Å². The predicted molar refractivity (Wildman–Crippen MR) is 117 cm³/mol. The van der Waals surface area contributed by atoms with Gasteiger partial charge in [0.05, 0.1) is 11.3 Å². The summed E-state index contributed by atoms with van der Waals surface area (Å²) in [5.74, 6) is -0.374. The number of urea groups is 1. The normalized spacial score (nSPS) is 10.4. The van der Waals surface area contributed by atoms with Gasteiger partial charge in [-0.1, -0.05) is 18.2 Å². The Morgan fingerprint density at radius 2 is 1.94 bits per heavy atom. The summed E-state index contributed by atoms with van der Waals surface area (Å²) in [7, 11) is 0. The maximum atomic E-state index is 13.6. The molecule has 3 aromatic rings. The van der Waals surface area contributed by atoms with Gasteiger partial charge in [-0.15, -0.1) is 0 Å². The van der Waals surface area contributed by atoms with Crippen LogP contribution in [0.15, 0.2) is 54.9 Å². The van der Waals surface area contributed by atoms with Crippen LogP contribution in [-0.4, -0.2) is 28.5 Å². The summed E-state index contributed by atoms with van der Waals surface area (Å²) < 4.78 is 13.6. The predicted octanol–water partition coefficient (Wildman–Crippen LogP) is 3.47. The molecule has 0 saturated heterocycles. The van der Waals surface area contributed by atoms with E-state index in [9.17, 15) is 14.0 Å². The fourth-order valence-corrected chi connectivity index (χ4v) is 2.97. The zero-order chi connectivity index (χ0) is 22.2. The highest BCUT2D eigenvalue weighted by atomic mass is 19.1. The number of carbonyl (C=O) groups is 2. The van der Waals surface area contributed by atoms with Crippen LogP contribution >= 0.6 is 0 Å². The molecule has 0 saturated carbocycles. The van der Waals surface area contributed by atoms with Gasteiger partial charge in [0.15, 0.2) is 0 Å². The lowest BCUT2D eigenvalue weighted by molar-refractivity contribution is 0.100. The summed E-state index contributed by atoms with van der Waals surface area (Å²) in [6.07, 6.45) is 3.34. The molecule has 8 nitrogen and oxygen atoms in total. The van der Waals surface area contributed by atoms with E-state index in [1.165, 1.54) is 6.07 Å². The SMILES string of the molecule is CCNc1nc(-c2ccc(NC(=O)NCc3cccnc3)cc2)c(CF)cc1C(N)=O. The first-order chi connectivity index (χ1) is 15.0. The zero-order valence-electron chi connectivity index (χ0n) is 17.0. The number of nitrogens with zero attached hydrogens (tertiary/aromatic N) is 2. The average molecular weight is 422 g/mol. The zero-order valence-corrected chi connectivity index (χ0v) is 17.0. The quantitative estimate of drug-likeness (QED) is 0.443. The third kappa shape index (κ3) is 5.53. The molecule has 31 heavy (non-hydrogen) atoms. The van der Waals surface area contributed by atoms with Crippen LogP contribution in [0.1, 0.15) is 28.4 Å². The third-order valence-corrected chi connectivity index (χ3v) is 4.45. The highest BCUT2D eigenvalue weighted by molar-refractivity contribution is 5.98. The second-order valence-electron chi connectivity index (χ2n) is 6.67. The number of rotatable bonds is 8. The van der Waals surface area contributed by atoms with E-state index in [-0.39, 0.29) is 17.2 Å². The molecule has 0 bridgehead atoms. The summed E-state index contributed by atoms with van der Waals surface area (Å²) in [5.41, 5.74) is 8.28. The number of hydrogen-bond donors (Lipinski definition) is 4. The van der Waals surface area contributed by atoms with Gasteiger partial charge in [0.1, 0.15) is 12.5 Å². The number of pyridine rings is 2. The minimum Gasteiger partial charge on any atom is -0.370 e. The number of aromatic nitrogens is 2. The van der Waals surface area contributed by atoms with Gasteiger partial charge in [-0.25, -0.2) is 14.2 Å². The van der Waals surface area contributed by atoms with Gasteiger partial charge in [-0.05, 0) is 36.8 Å². The lowest BCUT2D eigenvalue weighted by atomic mass is 10.0. The number of hydrogen-bond acceptors (Lipinski definition) is 5. The second kappa shape index (κ2) is 10.1. The fraction of sp³-hybridized carbons (Fsp3) is 0.182. The highest BCUT2D eigenvalue weighted by Gasteiger charge is 2.16. The number of nitrogens with one attached hydrogen (secondary N) is 3. The lowest BCUT2D eigenvalue weighted by Crippen LogP contribution is -2.28. The van der Waals surface area contributed by atoms with Gasteiger partial charge >= 0.3 is 6.03 Å². The van der Waals surface area contributed by atoms with Crippen LogP contribution in [0.3, 0.4) is 0 Å². The molecule has 9 heteroatoms. The molecule has 1 aromatic carbocycles. The first-order valence-corrected chi connectivity index (χ1v) is 9.69. The summed E-state index contributed by atoms with van der Waals surface area (Å²) >= 11 is 0. The van der Waals surface area contributed by atoms with Crippen molar-refractivity contribution in [3.05, 3.63) is 71.5 Å². The molecular weight excluding hydrogens is 399 g/mol. The molecule has 2 heterocycles. The number of benzene rings is 1. The van der Waals surface area contributed by atoms with Gasteiger partial charge in [0.25, 0.3) is 5.91 Å². The number of alkyl halides is 1. The van der Waals surface area contributed by atoms with Crippen LogP contribution < -0.4 is 21.7 Å². The summed E-state index contributed by atoms with van der Waals surface area (Å²) in [5, 5.41) is 8.46. The van der Waals surface area contributed by atoms with Crippen LogP contribution in [0.5, 0.6) is 0 Å². The van der Waals surface area contributed by atoms with Crippen molar-refractivity contribution in [1.29, 1.82) is 0 Å². The van der Waals surface area contributed by atoms with Gasteiger partial charge in [0, 0.05) is 42.3 Å².